The van der Waals surface area contributed by atoms with Gasteiger partial charge in [0.05, 0.1) is 6.04 Å². The minimum absolute atomic E-state index is 0.239. The Balaban J connectivity index is 1.96. The summed E-state index contributed by atoms with van der Waals surface area (Å²) < 4.78 is 0. The van der Waals surface area contributed by atoms with E-state index in [1.54, 1.807) is 0 Å². The van der Waals surface area contributed by atoms with E-state index in [1.165, 1.54) is 37.2 Å². The topological polar surface area (TPSA) is 39.7 Å². The van der Waals surface area contributed by atoms with E-state index in [0.717, 1.165) is 18.3 Å². The average molecular weight is 321 g/mol. The van der Waals surface area contributed by atoms with Crippen LogP contribution in [0, 0.1) is 0 Å². The first-order valence-corrected chi connectivity index (χ1v) is 9.45. The Morgan fingerprint density at radius 3 is 2.82 bits per heavy atom. The number of nitrogens with one attached hydrogen (secondary N) is 2. The van der Waals surface area contributed by atoms with E-state index in [1.807, 2.05) is 18.8 Å². The minimum atomic E-state index is 0.239. The van der Waals surface area contributed by atoms with Crippen LogP contribution in [0.5, 0.6) is 0 Å². The molecule has 1 aromatic rings. The molecule has 1 heterocycles. The molecule has 1 atom stereocenters. The number of guanidine groups is 1. The van der Waals surface area contributed by atoms with Crippen molar-refractivity contribution in [3.05, 3.63) is 29.8 Å². The number of nitrogens with zero attached hydrogens (tertiary/aromatic N) is 2. The molecule has 0 radical (unpaired) electrons. The van der Waals surface area contributed by atoms with Crippen LogP contribution >= 0.6 is 11.8 Å². The summed E-state index contributed by atoms with van der Waals surface area (Å²) in [5, 5.41) is 6.82. The van der Waals surface area contributed by atoms with Crippen molar-refractivity contribution in [1.29, 1.82) is 0 Å². The molecular formula is C17H28N4S. The fraction of sp³-hybridized carbons (Fsp3) is 0.588. The van der Waals surface area contributed by atoms with Gasteiger partial charge in [-0.05, 0) is 43.7 Å². The summed E-state index contributed by atoms with van der Waals surface area (Å²) in [7, 11) is 1.82. The maximum absolute atomic E-state index is 4.30. The molecule has 0 saturated carbocycles. The molecule has 22 heavy (non-hydrogen) atoms. The molecule has 2 rings (SSSR count). The lowest BCUT2D eigenvalue weighted by Crippen LogP contribution is -2.39. The van der Waals surface area contributed by atoms with Crippen molar-refractivity contribution in [3.8, 4) is 0 Å². The van der Waals surface area contributed by atoms with Gasteiger partial charge < -0.3 is 15.5 Å². The number of anilines is 1. The zero-order chi connectivity index (χ0) is 15.8. The molecule has 1 aromatic carbocycles. The highest BCUT2D eigenvalue weighted by Crippen LogP contribution is 2.23. The van der Waals surface area contributed by atoms with E-state index in [2.05, 4.69) is 58.0 Å². The first-order valence-electron chi connectivity index (χ1n) is 8.05. The molecule has 0 aromatic heterocycles. The molecule has 1 fully saturated rings. The molecule has 0 bridgehead atoms. The van der Waals surface area contributed by atoms with Crippen molar-refractivity contribution in [2.45, 2.75) is 25.8 Å². The molecule has 0 amide bonds. The second-order valence-electron chi connectivity index (χ2n) is 5.65. The van der Waals surface area contributed by atoms with Gasteiger partial charge >= 0.3 is 0 Å². The number of rotatable bonds is 6. The van der Waals surface area contributed by atoms with Gasteiger partial charge in [0.15, 0.2) is 5.96 Å². The van der Waals surface area contributed by atoms with Crippen LogP contribution in [0.4, 0.5) is 5.69 Å². The Kier molecular flexibility index (Phi) is 6.90. The van der Waals surface area contributed by atoms with Gasteiger partial charge in [-0.15, -0.1) is 0 Å². The summed E-state index contributed by atoms with van der Waals surface area (Å²) in [4.78, 5) is 6.77. The van der Waals surface area contributed by atoms with Crippen LogP contribution in [0.1, 0.15) is 31.4 Å². The number of hydrogen-bond donors (Lipinski definition) is 2. The Bertz CT molecular complexity index is 483. The van der Waals surface area contributed by atoms with Crippen LogP contribution < -0.4 is 15.5 Å². The van der Waals surface area contributed by atoms with Crippen molar-refractivity contribution < 1.29 is 0 Å². The van der Waals surface area contributed by atoms with Crippen molar-refractivity contribution >= 4 is 23.4 Å². The largest absolute Gasteiger partial charge is 0.372 e. The second-order valence-corrected chi connectivity index (χ2v) is 6.63. The fourth-order valence-corrected chi connectivity index (χ4v) is 3.03. The third kappa shape index (κ3) is 4.83. The molecule has 1 aliphatic rings. The number of thioether (sulfide) groups is 1. The van der Waals surface area contributed by atoms with E-state index in [-0.39, 0.29) is 6.04 Å². The fourth-order valence-electron chi connectivity index (χ4n) is 2.72. The predicted octanol–water partition coefficient (Wildman–Crippen LogP) is 2.88. The minimum Gasteiger partial charge on any atom is -0.372 e. The lowest BCUT2D eigenvalue weighted by Gasteiger charge is -2.22. The van der Waals surface area contributed by atoms with Gasteiger partial charge in [-0.25, -0.2) is 0 Å². The molecule has 1 saturated heterocycles. The molecule has 2 N–H and O–H groups in total. The first-order chi connectivity index (χ1) is 10.7. The van der Waals surface area contributed by atoms with Gasteiger partial charge in [0.25, 0.3) is 0 Å². The monoisotopic (exact) mass is 320 g/mol. The van der Waals surface area contributed by atoms with Crippen LogP contribution in [0.15, 0.2) is 29.3 Å². The average Bonchev–Trinajstić information content (AvgIpc) is 3.08. The van der Waals surface area contributed by atoms with E-state index in [0.29, 0.717) is 0 Å². The quantitative estimate of drug-likeness (QED) is 0.480. The van der Waals surface area contributed by atoms with Crippen LogP contribution in [0.2, 0.25) is 0 Å². The van der Waals surface area contributed by atoms with Gasteiger partial charge in [0.1, 0.15) is 0 Å². The molecule has 122 valence electrons. The molecule has 4 nitrogen and oxygen atoms in total. The van der Waals surface area contributed by atoms with Crippen LogP contribution in [0.3, 0.4) is 0 Å². The molecule has 5 heteroatoms. The van der Waals surface area contributed by atoms with E-state index >= 15 is 0 Å². The molecule has 0 spiro atoms. The lowest BCUT2D eigenvalue weighted by atomic mass is 10.1. The Morgan fingerprint density at radius 1 is 1.36 bits per heavy atom. The van der Waals surface area contributed by atoms with E-state index in [9.17, 15) is 0 Å². The highest BCUT2D eigenvalue weighted by atomic mass is 32.2. The Labute approximate surface area is 138 Å². The van der Waals surface area contributed by atoms with Crippen LogP contribution in [-0.2, 0) is 0 Å². The van der Waals surface area contributed by atoms with Crippen molar-refractivity contribution in [3.63, 3.8) is 0 Å². The zero-order valence-corrected chi connectivity index (χ0v) is 14.7. The zero-order valence-electron chi connectivity index (χ0n) is 13.9. The summed E-state index contributed by atoms with van der Waals surface area (Å²) in [6, 6.07) is 9.10. The standard InChI is InChI=1S/C17H28N4S/c1-14(20-17(18-2)19-9-12-22-3)15-7-6-8-16(13-15)21-10-4-5-11-21/h6-8,13-14H,4-5,9-12H2,1-3H3,(H2,18,19,20). The normalized spacial score (nSPS) is 16.7. The molecule has 1 aliphatic heterocycles. The highest BCUT2D eigenvalue weighted by Gasteiger charge is 2.14. The third-order valence-corrected chi connectivity index (χ3v) is 4.63. The Hall–Kier alpha value is -1.36. The SMILES string of the molecule is CN=C(NCCSC)NC(C)c1cccc(N2CCCC2)c1. The maximum Gasteiger partial charge on any atom is 0.191 e. The Morgan fingerprint density at radius 2 is 2.14 bits per heavy atom. The summed E-state index contributed by atoms with van der Waals surface area (Å²) >= 11 is 1.83. The van der Waals surface area contributed by atoms with Crippen molar-refractivity contribution in [2.24, 2.45) is 4.99 Å². The van der Waals surface area contributed by atoms with Crippen LogP contribution in [-0.4, -0.2) is 44.7 Å². The molecular weight excluding hydrogens is 292 g/mol. The van der Waals surface area contributed by atoms with Gasteiger partial charge in [-0.2, -0.15) is 11.8 Å². The molecule has 1 unspecified atom stereocenters. The number of hydrogen-bond acceptors (Lipinski definition) is 3. The number of benzene rings is 1. The summed E-state index contributed by atoms with van der Waals surface area (Å²) in [5.74, 6) is 1.95. The van der Waals surface area contributed by atoms with E-state index in [4.69, 9.17) is 0 Å². The van der Waals surface area contributed by atoms with Gasteiger partial charge in [0.2, 0.25) is 0 Å². The molecule has 0 aliphatic carbocycles. The first kappa shape index (κ1) is 17.0. The number of aliphatic imine (C=N–C) groups is 1. The van der Waals surface area contributed by atoms with Crippen LogP contribution in [0.25, 0.3) is 0 Å². The maximum atomic E-state index is 4.30. The highest BCUT2D eigenvalue weighted by molar-refractivity contribution is 7.98. The smallest absolute Gasteiger partial charge is 0.191 e. The summed E-state index contributed by atoms with van der Waals surface area (Å²) in [6.07, 6.45) is 4.73. The summed E-state index contributed by atoms with van der Waals surface area (Å²) in [6.45, 7) is 5.48. The lowest BCUT2D eigenvalue weighted by molar-refractivity contribution is 0.690. The second kappa shape index (κ2) is 8.93. The van der Waals surface area contributed by atoms with Gasteiger partial charge in [-0.1, -0.05) is 12.1 Å². The van der Waals surface area contributed by atoms with Crippen molar-refractivity contribution in [1.82, 2.24) is 10.6 Å². The van der Waals surface area contributed by atoms with Gasteiger partial charge in [-0.3, -0.25) is 4.99 Å². The van der Waals surface area contributed by atoms with Gasteiger partial charge in [0, 0.05) is 38.1 Å². The predicted molar refractivity (Wildman–Crippen MR) is 99.2 cm³/mol. The van der Waals surface area contributed by atoms with E-state index < -0.39 is 0 Å². The third-order valence-electron chi connectivity index (χ3n) is 4.02. The van der Waals surface area contributed by atoms with Crippen molar-refractivity contribution in [2.75, 3.05) is 43.6 Å². The summed E-state index contributed by atoms with van der Waals surface area (Å²) in [5.41, 5.74) is 2.64.